The molecule has 1 saturated heterocycles. The Kier molecular flexibility index (Phi) is 3.07. The maximum atomic E-state index is 11.6. The topological polar surface area (TPSA) is 87.0 Å². The van der Waals surface area contributed by atoms with Gasteiger partial charge in [0.15, 0.2) is 0 Å². The Morgan fingerprint density at radius 3 is 2.95 bits per heavy atom. The normalized spacial score (nSPS) is 16.7. The molecule has 7 heteroatoms. The summed E-state index contributed by atoms with van der Waals surface area (Å²) in [6.07, 6.45) is 7.27. The number of aromatic amines is 1. The monoisotopic (exact) mass is 299 g/mol. The van der Waals surface area contributed by atoms with E-state index in [0.29, 0.717) is 19.1 Å². The number of nitrogens with zero attached hydrogens (tertiary/aromatic N) is 4. The van der Waals surface area contributed by atoms with Crippen LogP contribution in [0.4, 0.5) is 0 Å². The fourth-order valence-corrected chi connectivity index (χ4v) is 3.30. The number of hydrogen-bond donors (Lipinski definition) is 2. The molecule has 7 nitrogen and oxygen atoms in total. The van der Waals surface area contributed by atoms with Gasteiger partial charge in [-0.15, -0.1) is 0 Å². The number of aliphatic hydroxyl groups is 1. The third kappa shape index (κ3) is 1.97. The lowest BCUT2D eigenvalue weighted by Crippen LogP contribution is -2.40. The van der Waals surface area contributed by atoms with Crippen molar-refractivity contribution in [1.82, 2.24) is 24.4 Å². The molecule has 4 heterocycles. The van der Waals surface area contributed by atoms with Crippen molar-refractivity contribution in [3.8, 4) is 0 Å². The smallest absolute Gasteiger partial charge is 0.248 e. The molecule has 114 valence electrons. The fraction of sp³-hybridized carbons (Fsp3) is 0.400. The predicted octanol–water partition coefficient (Wildman–Crippen LogP) is 1.07. The summed E-state index contributed by atoms with van der Waals surface area (Å²) >= 11 is 0. The summed E-state index contributed by atoms with van der Waals surface area (Å²) in [6.45, 7) is 0.935. The molecule has 1 fully saturated rings. The first-order valence-electron chi connectivity index (χ1n) is 7.45. The SMILES string of the molecule is O=C(CO)N1CCC(n2cnc3cnc4[nH]ccc4c32)CC1. The number of rotatable bonds is 2. The van der Waals surface area contributed by atoms with Crippen molar-refractivity contribution in [2.45, 2.75) is 18.9 Å². The number of imidazole rings is 1. The summed E-state index contributed by atoms with van der Waals surface area (Å²) in [5.41, 5.74) is 2.85. The Morgan fingerprint density at radius 1 is 1.36 bits per heavy atom. The second kappa shape index (κ2) is 5.10. The minimum Gasteiger partial charge on any atom is -0.387 e. The Hall–Kier alpha value is -2.41. The highest BCUT2D eigenvalue weighted by Gasteiger charge is 2.24. The molecule has 0 radical (unpaired) electrons. The van der Waals surface area contributed by atoms with E-state index in [-0.39, 0.29) is 5.91 Å². The van der Waals surface area contributed by atoms with E-state index in [1.165, 1.54) is 0 Å². The van der Waals surface area contributed by atoms with E-state index in [1.807, 2.05) is 18.6 Å². The van der Waals surface area contributed by atoms with E-state index in [1.54, 1.807) is 11.1 Å². The lowest BCUT2D eigenvalue weighted by atomic mass is 10.0. The molecule has 3 aromatic rings. The van der Waals surface area contributed by atoms with Crippen LogP contribution in [-0.2, 0) is 4.79 Å². The van der Waals surface area contributed by atoms with Gasteiger partial charge in [-0.25, -0.2) is 9.97 Å². The maximum absolute atomic E-state index is 11.6. The maximum Gasteiger partial charge on any atom is 0.248 e. The second-order valence-corrected chi connectivity index (χ2v) is 5.65. The van der Waals surface area contributed by atoms with Gasteiger partial charge in [-0.1, -0.05) is 0 Å². The minimum atomic E-state index is -0.408. The highest BCUT2D eigenvalue weighted by Crippen LogP contribution is 2.29. The number of hydrogen-bond acceptors (Lipinski definition) is 4. The summed E-state index contributed by atoms with van der Waals surface area (Å²) in [6, 6.07) is 2.33. The molecule has 1 aliphatic heterocycles. The molecule has 0 unspecified atom stereocenters. The quantitative estimate of drug-likeness (QED) is 0.741. The van der Waals surface area contributed by atoms with Crippen LogP contribution in [0.25, 0.3) is 22.1 Å². The average Bonchev–Trinajstić information content (AvgIpc) is 3.19. The number of amides is 1. The van der Waals surface area contributed by atoms with E-state index in [4.69, 9.17) is 5.11 Å². The van der Waals surface area contributed by atoms with E-state index in [0.717, 1.165) is 34.9 Å². The van der Waals surface area contributed by atoms with Crippen molar-refractivity contribution in [1.29, 1.82) is 0 Å². The Labute approximate surface area is 126 Å². The first-order chi connectivity index (χ1) is 10.8. The zero-order valence-corrected chi connectivity index (χ0v) is 12.1. The van der Waals surface area contributed by atoms with Crippen molar-refractivity contribution in [2.75, 3.05) is 19.7 Å². The molecule has 0 aromatic carbocycles. The van der Waals surface area contributed by atoms with E-state index in [9.17, 15) is 4.79 Å². The lowest BCUT2D eigenvalue weighted by Gasteiger charge is -2.32. The molecule has 1 aliphatic rings. The summed E-state index contributed by atoms with van der Waals surface area (Å²) < 4.78 is 2.20. The summed E-state index contributed by atoms with van der Waals surface area (Å²) in [4.78, 5) is 25.2. The third-order valence-corrected chi connectivity index (χ3v) is 4.46. The van der Waals surface area contributed by atoms with Crippen molar-refractivity contribution >= 4 is 28.0 Å². The van der Waals surface area contributed by atoms with Gasteiger partial charge < -0.3 is 19.6 Å². The van der Waals surface area contributed by atoms with Gasteiger partial charge in [0.25, 0.3) is 0 Å². The van der Waals surface area contributed by atoms with Crippen LogP contribution >= 0.6 is 0 Å². The first-order valence-corrected chi connectivity index (χ1v) is 7.45. The highest BCUT2D eigenvalue weighted by atomic mass is 16.3. The summed E-state index contributed by atoms with van der Waals surface area (Å²) in [7, 11) is 0. The Balaban J connectivity index is 1.68. The third-order valence-electron chi connectivity index (χ3n) is 4.46. The van der Waals surface area contributed by atoms with Gasteiger partial charge in [-0.2, -0.15) is 0 Å². The van der Waals surface area contributed by atoms with Crippen LogP contribution in [0.2, 0.25) is 0 Å². The molecular weight excluding hydrogens is 282 g/mol. The number of piperidine rings is 1. The van der Waals surface area contributed by atoms with Crippen LogP contribution in [-0.4, -0.2) is 55.1 Å². The van der Waals surface area contributed by atoms with Crippen LogP contribution in [0, 0.1) is 0 Å². The van der Waals surface area contributed by atoms with Crippen LogP contribution in [0.15, 0.2) is 24.8 Å². The molecule has 0 spiro atoms. The second-order valence-electron chi connectivity index (χ2n) is 5.65. The van der Waals surface area contributed by atoms with Gasteiger partial charge in [-0.05, 0) is 18.9 Å². The zero-order chi connectivity index (χ0) is 15.1. The number of aliphatic hydroxyl groups excluding tert-OH is 1. The lowest BCUT2D eigenvalue weighted by molar-refractivity contribution is -0.135. The average molecular weight is 299 g/mol. The number of carbonyl (C=O) groups excluding carboxylic acids is 1. The van der Waals surface area contributed by atoms with E-state index < -0.39 is 6.61 Å². The van der Waals surface area contributed by atoms with E-state index >= 15 is 0 Å². The van der Waals surface area contributed by atoms with Crippen LogP contribution in [0.1, 0.15) is 18.9 Å². The molecule has 4 rings (SSSR count). The summed E-state index contributed by atoms with van der Waals surface area (Å²) in [5.74, 6) is -0.189. The minimum absolute atomic E-state index is 0.189. The van der Waals surface area contributed by atoms with Gasteiger partial charge >= 0.3 is 0 Å². The van der Waals surface area contributed by atoms with Crippen molar-refractivity contribution in [3.05, 3.63) is 24.8 Å². The fourth-order valence-electron chi connectivity index (χ4n) is 3.30. The van der Waals surface area contributed by atoms with Crippen LogP contribution in [0.5, 0.6) is 0 Å². The molecule has 0 bridgehead atoms. The molecule has 0 aliphatic carbocycles. The van der Waals surface area contributed by atoms with Crippen molar-refractivity contribution < 1.29 is 9.90 Å². The molecule has 1 amide bonds. The predicted molar refractivity (Wildman–Crippen MR) is 81.3 cm³/mol. The zero-order valence-electron chi connectivity index (χ0n) is 12.1. The molecule has 0 atom stereocenters. The standard InChI is InChI=1S/C15H17N5O2/c21-8-13(22)19-5-2-10(3-6-19)20-9-18-12-7-17-15-11(14(12)20)1-4-16-15/h1,4,7,9-10,21H,2-3,5-6,8H2,(H,16,17). The molecular formula is C15H17N5O2. The Morgan fingerprint density at radius 2 is 2.18 bits per heavy atom. The molecule has 3 aromatic heterocycles. The first kappa shape index (κ1) is 13.3. The number of likely N-dealkylation sites (tertiary alicyclic amines) is 1. The van der Waals surface area contributed by atoms with Gasteiger partial charge in [0, 0.05) is 30.7 Å². The van der Waals surface area contributed by atoms with Crippen molar-refractivity contribution in [2.24, 2.45) is 0 Å². The summed E-state index contributed by atoms with van der Waals surface area (Å²) in [5, 5.41) is 10.0. The number of fused-ring (bicyclic) bond motifs is 3. The number of nitrogens with one attached hydrogen (secondary N) is 1. The number of aromatic nitrogens is 4. The number of carbonyl (C=O) groups is 1. The number of H-pyrrole nitrogens is 1. The van der Waals surface area contributed by atoms with Gasteiger partial charge in [0.2, 0.25) is 5.91 Å². The largest absolute Gasteiger partial charge is 0.387 e. The van der Waals surface area contributed by atoms with Gasteiger partial charge in [0.05, 0.1) is 18.0 Å². The number of pyridine rings is 1. The van der Waals surface area contributed by atoms with E-state index in [2.05, 4.69) is 19.5 Å². The van der Waals surface area contributed by atoms with Crippen LogP contribution in [0.3, 0.4) is 0 Å². The van der Waals surface area contributed by atoms with Crippen LogP contribution < -0.4 is 0 Å². The van der Waals surface area contributed by atoms with Gasteiger partial charge in [0.1, 0.15) is 17.8 Å². The molecule has 22 heavy (non-hydrogen) atoms. The highest BCUT2D eigenvalue weighted by molar-refractivity contribution is 6.00. The molecule has 2 N–H and O–H groups in total. The van der Waals surface area contributed by atoms with Gasteiger partial charge in [-0.3, -0.25) is 4.79 Å². The Bertz CT molecular complexity index is 829. The molecule has 0 saturated carbocycles. The van der Waals surface area contributed by atoms with Crippen molar-refractivity contribution in [3.63, 3.8) is 0 Å².